The molecule has 0 radical (unpaired) electrons. The van der Waals surface area contributed by atoms with Gasteiger partial charge in [0.25, 0.3) is 11.8 Å². The summed E-state index contributed by atoms with van der Waals surface area (Å²) in [4.78, 5) is 35.6. The molecule has 0 unspecified atom stereocenters. The molecule has 160 valence electrons. The van der Waals surface area contributed by atoms with Gasteiger partial charge in [0.15, 0.2) is 6.61 Å². The molecular weight excluding hydrogens is 384 g/mol. The molecular formula is C23H28N2O5. The highest BCUT2D eigenvalue weighted by atomic mass is 16.5. The highest BCUT2D eigenvalue weighted by molar-refractivity contribution is 5.96. The minimum atomic E-state index is -0.689. The molecule has 0 aliphatic carbocycles. The van der Waals surface area contributed by atoms with Gasteiger partial charge in [-0.15, -0.1) is 0 Å². The number of benzene rings is 2. The second-order valence-corrected chi connectivity index (χ2v) is 7.07. The fourth-order valence-electron chi connectivity index (χ4n) is 2.68. The molecule has 0 saturated carbocycles. The van der Waals surface area contributed by atoms with Crippen molar-refractivity contribution in [2.24, 2.45) is 0 Å². The van der Waals surface area contributed by atoms with Crippen molar-refractivity contribution < 1.29 is 23.9 Å². The second kappa shape index (κ2) is 11.6. The van der Waals surface area contributed by atoms with Crippen LogP contribution in [-0.4, -0.2) is 44.6 Å². The Kier molecular flexibility index (Phi) is 8.87. The van der Waals surface area contributed by atoms with Crippen molar-refractivity contribution in [3.05, 3.63) is 65.2 Å². The van der Waals surface area contributed by atoms with E-state index in [-0.39, 0.29) is 19.1 Å². The third-order valence-electron chi connectivity index (χ3n) is 4.47. The van der Waals surface area contributed by atoms with E-state index in [1.165, 1.54) is 12.7 Å². The lowest BCUT2D eigenvalue weighted by Gasteiger charge is -2.09. The lowest BCUT2D eigenvalue weighted by molar-refractivity contribution is -0.147. The van der Waals surface area contributed by atoms with Crippen LogP contribution in [-0.2, 0) is 20.7 Å². The van der Waals surface area contributed by atoms with Crippen molar-refractivity contribution in [2.75, 3.05) is 26.8 Å². The summed E-state index contributed by atoms with van der Waals surface area (Å²) in [7, 11) is 1.50. The van der Waals surface area contributed by atoms with Gasteiger partial charge < -0.3 is 20.1 Å². The molecule has 0 saturated heterocycles. The maximum Gasteiger partial charge on any atom is 0.325 e. The van der Waals surface area contributed by atoms with Crippen LogP contribution in [0.5, 0.6) is 5.75 Å². The number of carbonyl (C=O) groups is 3. The quantitative estimate of drug-likeness (QED) is 0.585. The van der Waals surface area contributed by atoms with Gasteiger partial charge >= 0.3 is 5.97 Å². The molecule has 0 spiro atoms. The number of rotatable bonds is 10. The molecule has 0 aliphatic heterocycles. The molecule has 2 N–H and O–H groups in total. The van der Waals surface area contributed by atoms with Crippen LogP contribution in [0.4, 0.5) is 0 Å². The minimum absolute atomic E-state index is 0.328. The average molecular weight is 412 g/mol. The van der Waals surface area contributed by atoms with Crippen molar-refractivity contribution in [2.45, 2.75) is 26.2 Å². The molecule has 0 atom stereocenters. The van der Waals surface area contributed by atoms with E-state index in [1.54, 1.807) is 24.3 Å². The Hall–Kier alpha value is -3.35. The molecule has 0 aliphatic rings. The summed E-state index contributed by atoms with van der Waals surface area (Å²) in [6.07, 6.45) is 0.689. The number of hydrogen-bond acceptors (Lipinski definition) is 5. The first-order valence-electron chi connectivity index (χ1n) is 9.82. The fourth-order valence-corrected chi connectivity index (χ4v) is 2.68. The van der Waals surface area contributed by atoms with E-state index >= 15 is 0 Å². The Morgan fingerprint density at radius 3 is 2.40 bits per heavy atom. The standard InChI is InChI=1S/C23H28N2O5/c1-16(2)18-9-7-17(8-10-18)11-12-24-21(26)15-30-22(27)14-25-23(28)19-5-4-6-20(13-19)29-3/h4-10,13,16H,11-12,14-15H2,1-3H3,(H,24,26)(H,25,28). The summed E-state index contributed by atoms with van der Waals surface area (Å²) < 4.78 is 9.94. The van der Waals surface area contributed by atoms with Crippen molar-refractivity contribution in [1.29, 1.82) is 0 Å². The van der Waals surface area contributed by atoms with E-state index in [0.717, 1.165) is 5.56 Å². The molecule has 2 rings (SSSR count). The van der Waals surface area contributed by atoms with Gasteiger partial charge in [-0.25, -0.2) is 0 Å². The third-order valence-corrected chi connectivity index (χ3v) is 4.47. The van der Waals surface area contributed by atoms with Crippen LogP contribution in [0.3, 0.4) is 0 Å². The van der Waals surface area contributed by atoms with Crippen LogP contribution in [0, 0.1) is 0 Å². The van der Waals surface area contributed by atoms with E-state index in [1.807, 2.05) is 12.1 Å². The average Bonchev–Trinajstić information content (AvgIpc) is 2.76. The molecule has 2 amide bonds. The smallest absolute Gasteiger partial charge is 0.325 e. The van der Waals surface area contributed by atoms with Crippen LogP contribution >= 0.6 is 0 Å². The summed E-state index contributed by atoms with van der Waals surface area (Å²) >= 11 is 0. The first-order chi connectivity index (χ1) is 14.4. The largest absolute Gasteiger partial charge is 0.497 e. The van der Waals surface area contributed by atoms with Crippen molar-refractivity contribution in [3.63, 3.8) is 0 Å². The highest BCUT2D eigenvalue weighted by Crippen LogP contribution is 2.15. The fraction of sp³-hybridized carbons (Fsp3) is 0.348. The first kappa shape index (κ1) is 22.9. The lowest BCUT2D eigenvalue weighted by Crippen LogP contribution is -2.34. The van der Waals surface area contributed by atoms with E-state index in [4.69, 9.17) is 9.47 Å². The summed E-state index contributed by atoms with van der Waals surface area (Å²) in [6.45, 7) is 4.01. The SMILES string of the molecule is COc1cccc(C(=O)NCC(=O)OCC(=O)NCCc2ccc(C(C)C)cc2)c1. The summed E-state index contributed by atoms with van der Waals surface area (Å²) in [5.41, 5.74) is 2.76. The van der Waals surface area contributed by atoms with Crippen LogP contribution in [0.2, 0.25) is 0 Å². The van der Waals surface area contributed by atoms with Gasteiger partial charge in [-0.3, -0.25) is 14.4 Å². The Morgan fingerprint density at radius 1 is 1.00 bits per heavy atom. The maximum atomic E-state index is 12.0. The molecule has 7 nitrogen and oxygen atoms in total. The van der Waals surface area contributed by atoms with E-state index in [9.17, 15) is 14.4 Å². The zero-order valence-corrected chi connectivity index (χ0v) is 17.6. The highest BCUT2D eigenvalue weighted by Gasteiger charge is 2.11. The van der Waals surface area contributed by atoms with Gasteiger partial charge in [0.2, 0.25) is 0 Å². The molecule has 2 aromatic rings. The predicted octanol–water partition coefficient (Wildman–Crippen LogP) is 2.45. The zero-order chi connectivity index (χ0) is 21.9. The lowest BCUT2D eigenvalue weighted by atomic mass is 10.0. The molecule has 0 fully saturated rings. The number of hydrogen-bond donors (Lipinski definition) is 2. The second-order valence-electron chi connectivity index (χ2n) is 7.07. The Morgan fingerprint density at radius 2 is 1.73 bits per heavy atom. The van der Waals surface area contributed by atoms with Gasteiger partial charge in [0, 0.05) is 12.1 Å². The van der Waals surface area contributed by atoms with Gasteiger partial charge in [-0.1, -0.05) is 44.2 Å². The maximum absolute atomic E-state index is 12.0. The van der Waals surface area contributed by atoms with E-state index < -0.39 is 11.9 Å². The molecule has 0 heterocycles. The van der Waals surface area contributed by atoms with E-state index in [0.29, 0.717) is 30.2 Å². The number of amides is 2. The molecule has 0 aromatic heterocycles. The van der Waals surface area contributed by atoms with Crippen molar-refractivity contribution in [1.82, 2.24) is 10.6 Å². The van der Waals surface area contributed by atoms with Crippen LogP contribution in [0.15, 0.2) is 48.5 Å². The van der Waals surface area contributed by atoms with Gasteiger partial charge in [0.1, 0.15) is 12.3 Å². The Balaban J connectivity index is 1.64. The van der Waals surface area contributed by atoms with Crippen LogP contribution < -0.4 is 15.4 Å². The number of nitrogens with one attached hydrogen (secondary N) is 2. The third kappa shape index (κ3) is 7.58. The number of methoxy groups -OCH3 is 1. The predicted molar refractivity (Wildman–Crippen MR) is 114 cm³/mol. The van der Waals surface area contributed by atoms with Gasteiger partial charge in [-0.2, -0.15) is 0 Å². The van der Waals surface area contributed by atoms with Crippen molar-refractivity contribution >= 4 is 17.8 Å². The van der Waals surface area contributed by atoms with Crippen LogP contribution in [0.25, 0.3) is 0 Å². The zero-order valence-electron chi connectivity index (χ0n) is 17.6. The van der Waals surface area contributed by atoms with E-state index in [2.05, 4.69) is 36.6 Å². The van der Waals surface area contributed by atoms with Gasteiger partial charge in [0.05, 0.1) is 7.11 Å². The Bertz CT molecular complexity index is 862. The molecule has 2 aromatic carbocycles. The first-order valence-corrected chi connectivity index (χ1v) is 9.82. The molecule has 0 bridgehead atoms. The number of carbonyl (C=O) groups excluding carboxylic acids is 3. The molecule has 7 heteroatoms. The Labute approximate surface area is 176 Å². The number of esters is 1. The summed E-state index contributed by atoms with van der Waals surface area (Å²) in [6, 6.07) is 14.8. The van der Waals surface area contributed by atoms with Crippen LogP contribution in [0.1, 0.15) is 41.3 Å². The van der Waals surface area contributed by atoms with Crippen molar-refractivity contribution in [3.8, 4) is 5.75 Å². The van der Waals surface area contributed by atoms with Gasteiger partial charge in [-0.05, 0) is 41.7 Å². The normalized spacial score (nSPS) is 10.4. The minimum Gasteiger partial charge on any atom is -0.497 e. The molecule has 30 heavy (non-hydrogen) atoms. The topological polar surface area (TPSA) is 93.7 Å². The summed E-state index contributed by atoms with van der Waals surface area (Å²) in [5, 5.41) is 5.16. The summed E-state index contributed by atoms with van der Waals surface area (Å²) in [5.74, 6) is -0.489. The monoisotopic (exact) mass is 412 g/mol. The number of ether oxygens (including phenoxy) is 2.